The average Bonchev–Trinajstić information content (AvgIpc) is 2.46. The fourth-order valence-corrected chi connectivity index (χ4v) is 2.34. The molecular formula is C7H13BN+. The predicted molar refractivity (Wildman–Crippen MR) is 38.2 cm³/mol. The van der Waals surface area contributed by atoms with Gasteiger partial charge in [-0.25, -0.2) is 0 Å². The van der Waals surface area contributed by atoms with Crippen LogP contribution in [-0.4, -0.2) is 38.4 Å². The first kappa shape index (κ1) is 5.78. The fraction of sp³-hybridized carbons (Fsp3) is 1.00. The molecule has 0 atom stereocenters. The van der Waals surface area contributed by atoms with Crippen molar-refractivity contribution in [2.24, 2.45) is 5.92 Å². The first-order valence-corrected chi connectivity index (χ1v) is 3.90. The third kappa shape index (κ3) is 0.726. The molecule has 0 aromatic heterocycles. The van der Waals surface area contributed by atoms with Crippen LogP contribution in [0.4, 0.5) is 0 Å². The van der Waals surface area contributed by atoms with E-state index in [-0.39, 0.29) is 0 Å². The van der Waals surface area contributed by atoms with Gasteiger partial charge in [-0.3, -0.25) is 0 Å². The van der Waals surface area contributed by atoms with E-state index in [0.717, 1.165) is 12.4 Å². The summed E-state index contributed by atoms with van der Waals surface area (Å²) in [5.74, 6) is 1.04. The quantitative estimate of drug-likeness (QED) is 0.347. The number of nitrogens with zero attached hydrogens (tertiary/aromatic N) is 1. The molecule has 0 spiro atoms. The van der Waals surface area contributed by atoms with Gasteiger partial charge in [-0.2, -0.15) is 0 Å². The van der Waals surface area contributed by atoms with Gasteiger partial charge in [-0.05, 0) is 0 Å². The third-order valence-corrected chi connectivity index (χ3v) is 3.06. The van der Waals surface area contributed by atoms with Gasteiger partial charge in [-0.15, -0.1) is 0 Å². The minimum Gasteiger partial charge on any atom is -0.332 e. The molecule has 2 saturated heterocycles. The summed E-state index contributed by atoms with van der Waals surface area (Å²) in [6, 6.07) is 0. The van der Waals surface area contributed by atoms with Crippen molar-refractivity contribution in [3.05, 3.63) is 0 Å². The topological polar surface area (TPSA) is 0 Å². The van der Waals surface area contributed by atoms with Crippen molar-refractivity contribution in [2.75, 3.05) is 26.1 Å². The molecule has 0 aliphatic carbocycles. The molecule has 2 bridgehead atoms. The van der Waals surface area contributed by atoms with E-state index in [1.54, 1.807) is 0 Å². The van der Waals surface area contributed by atoms with Crippen molar-refractivity contribution in [1.82, 2.24) is 0 Å². The number of piperidine rings is 1. The Morgan fingerprint density at radius 2 is 2.00 bits per heavy atom. The van der Waals surface area contributed by atoms with Gasteiger partial charge in [0.15, 0.2) is 0 Å². The molecule has 0 aromatic rings. The van der Waals surface area contributed by atoms with E-state index in [9.17, 15) is 0 Å². The van der Waals surface area contributed by atoms with Gasteiger partial charge in [0.05, 0.1) is 19.6 Å². The van der Waals surface area contributed by atoms with Crippen LogP contribution in [0.3, 0.4) is 0 Å². The van der Waals surface area contributed by atoms with Gasteiger partial charge in [-0.1, -0.05) is 0 Å². The summed E-state index contributed by atoms with van der Waals surface area (Å²) < 4.78 is 1.24. The zero-order chi connectivity index (χ0) is 6.32. The van der Waals surface area contributed by atoms with Crippen LogP contribution in [-0.2, 0) is 0 Å². The summed E-state index contributed by atoms with van der Waals surface area (Å²) in [7, 11) is 5.68. The molecule has 2 fully saturated rings. The van der Waals surface area contributed by atoms with E-state index in [0.29, 0.717) is 0 Å². The monoisotopic (exact) mass is 122 g/mol. The molecular weight excluding hydrogens is 109 g/mol. The predicted octanol–water partition coefficient (Wildman–Crippen LogP) is 0.353. The van der Waals surface area contributed by atoms with E-state index in [2.05, 4.69) is 0 Å². The molecule has 2 aliphatic rings. The van der Waals surface area contributed by atoms with Crippen LogP contribution in [0, 0.1) is 5.92 Å². The van der Waals surface area contributed by atoms with Crippen molar-refractivity contribution in [3.8, 4) is 0 Å². The van der Waals surface area contributed by atoms with Gasteiger partial charge in [0.25, 0.3) is 0 Å². The smallest absolute Gasteiger partial charge is 0.149 e. The van der Waals surface area contributed by atoms with Crippen LogP contribution >= 0.6 is 0 Å². The lowest BCUT2D eigenvalue weighted by Crippen LogP contribution is -2.44. The van der Waals surface area contributed by atoms with Crippen LogP contribution in [0.5, 0.6) is 0 Å². The van der Waals surface area contributed by atoms with Gasteiger partial charge in [0.1, 0.15) is 7.85 Å². The Balaban J connectivity index is 2.13. The Hall–Kier alpha value is 0.0249. The maximum atomic E-state index is 5.68. The maximum Gasteiger partial charge on any atom is 0.149 e. The second-order valence-corrected chi connectivity index (χ2v) is 3.60. The van der Waals surface area contributed by atoms with E-state index < -0.39 is 0 Å². The second-order valence-electron chi connectivity index (χ2n) is 3.60. The van der Waals surface area contributed by atoms with E-state index in [4.69, 9.17) is 7.85 Å². The number of fused-ring (bicyclic) bond motifs is 2. The molecule has 0 unspecified atom stereocenters. The lowest BCUT2D eigenvalue weighted by molar-refractivity contribution is -0.898. The summed E-state index contributed by atoms with van der Waals surface area (Å²) in [6.07, 6.45) is 3.77. The summed E-state index contributed by atoms with van der Waals surface area (Å²) in [5.41, 5.74) is 0. The zero-order valence-corrected chi connectivity index (χ0v) is 5.84. The highest BCUT2D eigenvalue weighted by atomic mass is 15.4. The number of rotatable bonds is 1. The molecule has 2 aliphatic heterocycles. The molecule has 2 radical (unpaired) electrons. The molecule has 2 heteroatoms. The minimum atomic E-state index is 0.885. The molecule has 0 aromatic carbocycles. The van der Waals surface area contributed by atoms with Crippen LogP contribution in [0.25, 0.3) is 0 Å². The minimum absolute atomic E-state index is 0.885. The Kier molecular flexibility index (Phi) is 1.13. The molecule has 2 rings (SSSR count). The largest absolute Gasteiger partial charge is 0.332 e. The molecule has 1 nitrogen and oxygen atoms in total. The highest BCUT2D eigenvalue weighted by Crippen LogP contribution is 2.34. The zero-order valence-electron chi connectivity index (χ0n) is 5.84. The maximum absolute atomic E-state index is 5.68. The van der Waals surface area contributed by atoms with Crippen molar-refractivity contribution in [3.63, 3.8) is 0 Å². The van der Waals surface area contributed by atoms with Gasteiger partial charge in [0.2, 0.25) is 0 Å². The van der Waals surface area contributed by atoms with Crippen molar-refractivity contribution < 1.29 is 4.48 Å². The van der Waals surface area contributed by atoms with E-state index in [1.165, 1.54) is 37.0 Å². The Morgan fingerprint density at radius 1 is 1.33 bits per heavy atom. The summed E-state index contributed by atoms with van der Waals surface area (Å²) in [4.78, 5) is 0. The highest BCUT2D eigenvalue weighted by molar-refractivity contribution is 6.08. The average molecular weight is 122 g/mol. The summed E-state index contributed by atoms with van der Waals surface area (Å²) in [5, 5.41) is 0. The Labute approximate surface area is 58.0 Å². The normalized spacial score (nSPS) is 48.2. The molecule has 0 N–H and O–H groups in total. The van der Waals surface area contributed by atoms with Gasteiger partial charge in [0, 0.05) is 25.2 Å². The van der Waals surface area contributed by atoms with Crippen LogP contribution in [0.2, 0.25) is 0 Å². The number of hydrogen-bond donors (Lipinski definition) is 0. The van der Waals surface area contributed by atoms with Crippen LogP contribution < -0.4 is 0 Å². The van der Waals surface area contributed by atoms with Gasteiger partial charge >= 0.3 is 0 Å². The number of quaternary nitrogens is 1. The van der Waals surface area contributed by atoms with E-state index >= 15 is 0 Å². The molecule has 0 saturated carbocycles. The first-order valence-electron chi connectivity index (χ1n) is 3.90. The van der Waals surface area contributed by atoms with Crippen molar-refractivity contribution in [1.29, 1.82) is 0 Å². The number of hydrogen-bond acceptors (Lipinski definition) is 0. The van der Waals surface area contributed by atoms with Crippen LogP contribution in [0.1, 0.15) is 12.8 Å². The van der Waals surface area contributed by atoms with E-state index in [1.807, 2.05) is 0 Å². The molecule has 2 heterocycles. The van der Waals surface area contributed by atoms with Gasteiger partial charge < -0.3 is 4.48 Å². The van der Waals surface area contributed by atoms with Crippen molar-refractivity contribution in [2.45, 2.75) is 12.8 Å². The van der Waals surface area contributed by atoms with Crippen LogP contribution in [0.15, 0.2) is 0 Å². The fourth-order valence-electron chi connectivity index (χ4n) is 2.34. The standard InChI is InChI=1S/C7H13BN/c8-6-9-3-1-7(5-9)2-4-9/h7H,1-6H2/q+1. The van der Waals surface area contributed by atoms with Crippen molar-refractivity contribution >= 4 is 7.85 Å². The highest BCUT2D eigenvalue weighted by Gasteiger charge is 2.42. The Bertz CT molecular complexity index is 116. The lowest BCUT2D eigenvalue weighted by atomic mass is 10.1. The Morgan fingerprint density at radius 3 is 2.22 bits per heavy atom. The molecule has 9 heavy (non-hydrogen) atoms. The summed E-state index contributed by atoms with van der Waals surface area (Å²) >= 11 is 0. The lowest BCUT2D eigenvalue weighted by Gasteiger charge is -2.30. The third-order valence-electron chi connectivity index (χ3n) is 3.06. The SMILES string of the molecule is [B]C[N+]12CCC(CC1)C2. The summed E-state index contributed by atoms with van der Waals surface area (Å²) in [6.45, 7) is 4.11. The first-order chi connectivity index (χ1) is 4.35. The second kappa shape index (κ2) is 1.75. The molecule has 48 valence electrons. The molecule has 0 amide bonds.